The number of amides is 3. The van der Waals surface area contributed by atoms with Gasteiger partial charge < -0.3 is 115 Å². The fourth-order valence-corrected chi connectivity index (χ4v) is 8.43. The summed E-state index contributed by atoms with van der Waals surface area (Å²) in [6.45, 7) is 0.443. The molecule has 2 aliphatic heterocycles. The summed E-state index contributed by atoms with van der Waals surface area (Å²) in [6, 6.07) is -2.94. The smallest absolute Gasteiger partial charge is 0.364 e. The molecule has 0 radical (unpaired) electrons. The van der Waals surface area contributed by atoms with E-state index in [4.69, 9.17) is 38.0 Å². The minimum absolute atomic E-state index is 0.0766. The average molecular weight is 1070 g/mol. The Morgan fingerprint density at radius 2 is 1.27 bits per heavy atom. The van der Waals surface area contributed by atoms with Crippen LogP contribution in [0.25, 0.3) is 0 Å². The molecule has 0 aliphatic carbocycles. The first-order valence-corrected chi connectivity index (χ1v) is 23.6. The lowest BCUT2D eigenvalue weighted by Crippen LogP contribution is -2.67. The molecule has 12 unspecified atom stereocenters. The number of aliphatic hydroxyl groups excluding tert-OH is 11. The van der Waals surface area contributed by atoms with E-state index in [2.05, 4.69) is 16.0 Å². The third-order valence-electron chi connectivity index (χ3n) is 12.0. The molecule has 30 heteroatoms. The van der Waals surface area contributed by atoms with E-state index in [0.717, 1.165) is 33.1 Å². The standard InChI is InChI=1S/C43H78N4O26/c1-7-8-31(58)44-11-14-68-47(4)38(66-5)35(60)34(59)28(10-13-49)69-39(67-6)36(61)37(25(55)9-12-48)73-43(41(64)65)18-27(57)33(46-22(3)53)30(72-43)16-24(20-51)70-42(40(62)63)17-26(56)32(45-21(2)52)29(71-42)15-23(54)19-50/h23-30,32-39,48-51,54-57,59-61H,7-20H2,1-6H3,(H,44,58)(H,45,52)(H,46,53)(H,62,63)(H,64,65)/t23?,24?,25?,26?,27?,28-,29?,30?,32-,33-,34?,35?,36?,37?,38?,39+,42-,43+/m1/s1. The Kier molecular flexibility index (Phi) is 28.4. The summed E-state index contributed by atoms with van der Waals surface area (Å²) in [6.07, 6.45) is -29.8. The molecule has 18 atom stereocenters. The first kappa shape index (κ1) is 65.7. The van der Waals surface area contributed by atoms with Crippen molar-refractivity contribution < 1.29 is 128 Å². The number of hydrogen-bond acceptors (Lipinski definition) is 25. The van der Waals surface area contributed by atoms with Gasteiger partial charge >= 0.3 is 11.9 Å². The zero-order valence-corrected chi connectivity index (χ0v) is 41.7. The van der Waals surface area contributed by atoms with Gasteiger partial charge in [-0.25, -0.2) is 9.59 Å². The van der Waals surface area contributed by atoms with Crippen LogP contribution in [0.1, 0.15) is 72.1 Å². The second kappa shape index (κ2) is 31.6. The molecule has 73 heavy (non-hydrogen) atoms. The lowest BCUT2D eigenvalue weighted by molar-refractivity contribution is -0.345. The molecule has 0 saturated carbocycles. The van der Waals surface area contributed by atoms with Gasteiger partial charge in [-0.3, -0.25) is 19.2 Å². The van der Waals surface area contributed by atoms with Gasteiger partial charge in [-0.15, -0.1) is 0 Å². The number of aliphatic hydroxyl groups is 11. The van der Waals surface area contributed by atoms with E-state index in [1.54, 1.807) is 0 Å². The number of nitrogens with one attached hydrogen (secondary N) is 3. The van der Waals surface area contributed by atoms with E-state index < -0.39 is 198 Å². The molecule has 30 nitrogen and oxygen atoms in total. The molecule has 0 bridgehead atoms. The van der Waals surface area contributed by atoms with Crippen molar-refractivity contribution >= 4 is 29.7 Å². The number of methoxy groups -OCH3 is 2. The van der Waals surface area contributed by atoms with Gasteiger partial charge in [0.05, 0.1) is 80.7 Å². The van der Waals surface area contributed by atoms with Crippen molar-refractivity contribution in [3.8, 4) is 0 Å². The first-order chi connectivity index (χ1) is 34.3. The van der Waals surface area contributed by atoms with Crippen LogP contribution in [0.2, 0.25) is 0 Å². The highest BCUT2D eigenvalue weighted by atomic mass is 16.8. The topological polar surface area (TPSA) is 462 Å². The Hall–Kier alpha value is -3.45. The van der Waals surface area contributed by atoms with Gasteiger partial charge in [-0.05, 0) is 19.3 Å². The molecule has 2 saturated heterocycles. The lowest BCUT2D eigenvalue weighted by Gasteiger charge is -2.48. The third-order valence-corrected chi connectivity index (χ3v) is 12.0. The largest absolute Gasteiger partial charge is 0.477 e. The number of rotatable bonds is 35. The minimum Gasteiger partial charge on any atom is -0.477 e. The number of carboxylic acid groups (broad SMARTS) is 2. The molecular weight excluding hydrogens is 988 g/mol. The van der Waals surface area contributed by atoms with Gasteiger partial charge in [0.15, 0.2) is 12.5 Å². The molecule has 2 rings (SSSR count). The quantitative estimate of drug-likeness (QED) is 0.0159. The van der Waals surface area contributed by atoms with E-state index in [9.17, 15) is 90.4 Å². The maximum atomic E-state index is 13.4. The minimum atomic E-state index is -3.16. The lowest BCUT2D eigenvalue weighted by atomic mass is 9.88. The number of carbonyl (C=O) groups excluding carboxylic acids is 3. The van der Waals surface area contributed by atoms with Gasteiger partial charge in [0.25, 0.3) is 11.6 Å². The second-order valence-electron chi connectivity index (χ2n) is 17.7. The molecule has 16 N–H and O–H groups in total. The monoisotopic (exact) mass is 1070 g/mol. The average Bonchev–Trinajstić information content (AvgIpc) is 3.32. The van der Waals surface area contributed by atoms with Crippen LogP contribution >= 0.6 is 0 Å². The van der Waals surface area contributed by atoms with Gasteiger partial charge in [-0.2, -0.15) is 5.06 Å². The van der Waals surface area contributed by atoms with E-state index in [1.807, 2.05) is 6.92 Å². The number of carbonyl (C=O) groups is 5. The van der Waals surface area contributed by atoms with E-state index in [0.29, 0.717) is 6.42 Å². The van der Waals surface area contributed by atoms with Crippen LogP contribution in [-0.2, 0) is 62.0 Å². The molecule has 0 aromatic rings. The molecule has 2 heterocycles. The Balaban J connectivity index is 2.55. The van der Waals surface area contributed by atoms with Crippen molar-refractivity contribution in [3.63, 3.8) is 0 Å². The molecule has 0 aromatic carbocycles. The SMILES string of the molecule is CCCC(=O)NCCON(C)C(OC)C(O)C(O)[C@@H](CCO)O[C@H](OC)C(O)C(O[C@]1(C(=O)O)CC(O)[C@@H](NC(C)=O)C(CC(CO)O[C@]2(C(=O)O)CC(O)[C@@H](NC(C)=O)C(CC(O)CO)O2)O1)C(O)CCO. The van der Waals surface area contributed by atoms with Gasteiger partial charge in [0.2, 0.25) is 17.7 Å². The number of carboxylic acids is 2. The summed E-state index contributed by atoms with van der Waals surface area (Å²) in [4.78, 5) is 68.1. The maximum Gasteiger partial charge on any atom is 0.364 e. The summed E-state index contributed by atoms with van der Waals surface area (Å²) in [5.41, 5.74) is 0. The van der Waals surface area contributed by atoms with Crippen molar-refractivity contribution in [2.75, 3.05) is 60.8 Å². The van der Waals surface area contributed by atoms with Crippen LogP contribution in [0.15, 0.2) is 0 Å². The summed E-state index contributed by atoms with van der Waals surface area (Å²) in [5, 5.41) is 148. The van der Waals surface area contributed by atoms with Crippen molar-refractivity contribution in [3.05, 3.63) is 0 Å². The second-order valence-corrected chi connectivity index (χ2v) is 17.7. The van der Waals surface area contributed by atoms with Crippen LogP contribution < -0.4 is 16.0 Å². The van der Waals surface area contributed by atoms with E-state index in [-0.39, 0.29) is 25.5 Å². The fourth-order valence-electron chi connectivity index (χ4n) is 8.43. The first-order valence-electron chi connectivity index (χ1n) is 23.6. The summed E-state index contributed by atoms with van der Waals surface area (Å²) >= 11 is 0. The molecule has 426 valence electrons. The number of hydrogen-bond donors (Lipinski definition) is 16. The van der Waals surface area contributed by atoms with Crippen molar-refractivity contribution in [1.82, 2.24) is 21.0 Å². The van der Waals surface area contributed by atoms with Gasteiger partial charge in [0, 0.05) is 87.0 Å². The summed E-state index contributed by atoms with van der Waals surface area (Å²) in [5.74, 6) is -11.7. The normalized spacial score (nSPS) is 28.6. The van der Waals surface area contributed by atoms with Crippen LogP contribution in [0.4, 0.5) is 0 Å². The third kappa shape index (κ3) is 19.0. The highest BCUT2D eigenvalue weighted by Gasteiger charge is 2.58. The Morgan fingerprint density at radius 1 is 0.740 bits per heavy atom. The number of nitrogens with zero attached hydrogens (tertiary/aromatic N) is 1. The van der Waals surface area contributed by atoms with Crippen LogP contribution in [0, 0.1) is 0 Å². The molecular formula is C43H78N4O26. The Bertz CT molecular complexity index is 1690. The molecule has 3 amide bonds. The van der Waals surface area contributed by atoms with Crippen molar-refractivity contribution in [1.29, 1.82) is 0 Å². The summed E-state index contributed by atoms with van der Waals surface area (Å²) in [7, 11) is 3.47. The van der Waals surface area contributed by atoms with Crippen molar-refractivity contribution in [2.24, 2.45) is 0 Å². The molecule has 0 aromatic heterocycles. The Morgan fingerprint density at radius 3 is 1.73 bits per heavy atom. The predicted octanol–water partition coefficient (Wildman–Crippen LogP) is -6.93. The number of likely N-dealkylation sites (N-methyl/N-ethyl adjacent to an activating group) is 1. The van der Waals surface area contributed by atoms with Gasteiger partial charge in [-0.1, -0.05) is 6.92 Å². The number of aliphatic carboxylic acids is 2. The molecule has 0 spiro atoms. The number of hydroxylamine groups is 2. The van der Waals surface area contributed by atoms with Gasteiger partial charge in [0.1, 0.15) is 24.4 Å². The summed E-state index contributed by atoms with van der Waals surface area (Å²) < 4.78 is 39.9. The van der Waals surface area contributed by atoms with Crippen molar-refractivity contribution in [2.45, 2.75) is 182 Å². The van der Waals surface area contributed by atoms with E-state index >= 15 is 0 Å². The number of ether oxygens (including phenoxy) is 7. The zero-order valence-electron chi connectivity index (χ0n) is 41.7. The Labute approximate surface area is 420 Å². The molecule has 2 fully saturated rings. The highest BCUT2D eigenvalue weighted by Crippen LogP contribution is 2.39. The molecule has 2 aliphatic rings. The zero-order chi connectivity index (χ0) is 55.4. The maximum absolute atomic E-state index is 13.4. The highest BCUT2D eigenvalue weighted by molar-refractivity contribution is 5.77. The van der Waals surface area contributed by atoms with Crippen LogP contribution in [-0.4, -0.2) is 271 Å². The van der Waals surface area contributed by atoms with Crippen LogP contribution in [0.5, 0.6) is 0 Å². The van der Waals surface area contributed by atoms with E-state index in [1.165, 1.54) is 7.05 Å². The van der Waals surface area contributed by atoms with Crippen LogP contribution in [0.3, 0.4) is 0 Å². The predicted molar refractivity (Wildman–Crippen MR) is 242 cm³/mol. The fraction of sp³-hybridized carbons (Fsp3) is 0.884.